The first-order chi connectivity index (χ1) is 6.02. The molecule has 1 aromatic rings. The smallest absolute Gasteiger partial charge is 0.165 e. The highest BCUT2D eigenvalue weighted by atomic mass is 35.5. The third kappa shape index (κ3) is 2.28. The van der Waals surface area contributed by atoms with Crippen LogP contribution in [-0.2, 0) is 0 Å². The van der Waals surface area contributed by atoms with E-state index in [1.807, 2.05) is 0 Å². The number of hydrogen-bond acceptors (Lipinski definition) is 1. The van der Waals surface area contributed by atoms with E-state index in [1.54, 1.807) is 13.8 Å². The Morgan fingerprint density at radius 2 is 2.08 bits per heavy atom. The zero-order chi connectivity index (χ0) is 10.0. The minimum absolute atomic E-state index is 0.00787. The first kappa shape index (κ1) is 10.2. The summed E-state index contributed by atoms with van der Waals surface area (Å²) in [5.41, 5.74) is 0.460. The third-order valence-corrected chi connectivity index (χ3v) is 2.02. The Hall–Kier alpha value is -0.890. The van der Waals surface area contributed by atoms with Gasteiger partial charge in [0.25, 0.3) is 0 Å². The summed E-state index contributed by atoms with van der Waals surface area (Å²) in [4.78, 5) is 11.4. The Kier molecular flexibility index (Phi) is 3.04. The van der Waals surface area contributed by atoms with Crippen LogP contribution in [0.3, 0.4) is 0 Å². The van der Waals surface area contributed by atoms with E-state index in [-0.39, 0.29) is 16.7 Å². The van der Waals surface area contributed by atoms with Gasteiger partial charge in [-0.15, -0.1) is 0 Å². The lowest BCUT2D eigenvalue weighted by atomic mass is 10.0. The Morgan fingerprint density at radius 1 is 1.46 bits per heavy atom. The van der Waals surface area contributed by atoms with Crippen LogP contribution in [0.15, 0.2) is 18.2 Å². The molecule has 0 saturated carbocycles. The molecule has 3 heteroatoms. The van der Waals surface area contributed by atoms with Crippen LogP contribution in [0.5, 0.6) is 0 Å². The summed E-state index contributed by atoms with van der Waals surface area (Å²) in [6.45, 7) is 3.58. The van der Waals surface area contributed by atoms with Crippen molar-refractivity contribution in [3.8, 4) is 0 Å². The Labute approximate surface area is 81.5 Å². The number of halogens is 2. The average Bonchev–Trinajstić information content (AvgIpc) is 2.08. The molecule has 0 amide bonds. The summed E-state index contributed by atoms with van der Waals surface area (Å²) < 4.78 is 12.7. The van der Waals surface area contributed by atoms with Gasteiger partial charge in [-0.1, -0.05) is 25.4 Å². The maximum atomic E-state index is 12.7. The molecule has 0 aliphatic rings. The third-order valence-electron chi connectivity index (χ3n) is 1.73. The van der Waals surface area contributed by atoms with Crippen molar-refractivity contribution in [2.75, 3.05) is 0 Å². The van der Waals surface area contributed by atoms with Gasteiger partial charge in [-0.25, -0.2) is 4.39 Å². The van der Waals surface area contributed by atoms with Crippen LogP contribution in [0, 0.1) is 11.7 Å². The average molecular weight is 201 g/mol. The molecule has 0 bridgehead atoms. The zero-order valence-electron chi connectivity index (χ0n) is 7.47. The maximum absolute atomic E-state index is 12.7. The molecule has 0 aliphatic heterocycles. The fourth-order valence-electron chi connectivity index (χ4n) is 0.983. The molecule has 0 N–H and O–H groups in total. The molecule has 1 aromatic carbocycles. The Bertz CT molecular complexity index is 334. The molecule has 0 aliphatic carbocycles. The van der Waals surface area contributed by atoms with E-state index in [1.165, 1.54) is 18.2 Å². The van der Waals surface area contributed by atoms with Crippen molar-refractivity contribution in [2.45, 2.75) is 13.8 Å². The second-order valence-corrected chi connectivity index (χ2v) is 3.56. The van der Waals surface area contributed by atoms with Gasteiger partial charge in [0, 0.05) is 11.5 Å². The van der Waals surface area contributed by atoms with Gasteiger partial charge in [-0.05, 0) is 18.2 Å². The van der Waals surface area contributed by atoms with E-state index in [9.17, 15) is 9.18 Å². The van der Waals surface area contributed by atoms with E-state index in [4.69, 9.17) is 11.6 Å². The summed E-state index contributed by atoms with van der Waals surface area (Å²) >= 11 is 5.54. The van der Waals surface area contributed by atoms with Gasteiger partial charge in [0.2, 0.25) is 0 Å². The molecule has 0 radical (unpaired) electrons. The molecule has 1 rings (SSSR count). The molecule has 13 heavy (non-hydrogen) atoms. The van der Waals surface area contributed by atoms with Crippen molar-refractivity contribution in [1.29, 1.82) is 0 Å². The molecule has 0 heterocycles. The molecule has 0 spiro atoms. The lowest BCUT2D eigenvalue weighted by Crippen LogP contribution is -2.07. The first-order valence-electron chi connectivity index (χ1n) is 4.01. The SMILES string of the molecule is CC(C)C(=O)c1ccc(F)c(Cl)c1. The maximum Gasteiger partial charge on any atom is 0.165 e. The summed E-state index contributed by atoms with van der Waals surface area (Å²) in [5.74, 6) is -0.620. The largest absolute Gasteiger partial charge is 0.294 e. The minimum atomic E-state index is -0.498. The van der Waals surface area contributed by atoms with E-state index in [0.29, 0.717) is 5.56 Å². The number of Topliss-reactive ketones (excluding diaryl/α,β-unsaturated/α-hetero) is 1. The Morgan fingerprint density at radius 3 is 2.54 bits per heavy atom. The van der Waals surface area contributed by atoms with Crippen LogP contribution >= 0.6 is 11.6 Å². The van der Waals surface area contributed by atoms with Crippen molar-refractivity contribution in [2.24, 2.45) is 5.92 Å². The zero-order valence-corrected chi connectivity index (χ0v) is 8.23. The molecule has 0 atom stereocenters. The summed E-state index contributed by atoms with van der Waals surface area (Å²) in [6, 6.07) is 4.01. The molecular formula is C10H10ClFO. The quantitative estimate of drug-likeness (QED) is 0.670. The van der Waals surface area contributed by atoms with Gasteiger partial charge < -0.3 is 0 Å². The highest BCUT2D eigenvalue weighted by Gasteiger charge is 2.11. The normalized spacial score (nSPS) is 10.5. The fourth-order valence-corrected chi connectivity index (χ4v) is 1.16. The Balaban J connectivity index is 3.04. The first-order valence-corrected chi connectivity index (χ1v) is 4.39. The van der Waals surface area contributed by atoms with Crippen LogP contribution in [-0.4, -0.2) is 5.78 Å². The van der Waals surface area contributed by atoms with Gasteiger partial charge >= 0.3 is 0 Å². The summed E-state index contributed by atoms with van der Waals surface area (Å²) in [7, 11) is 0. The molecule has 0 saturated heterocycles. The molecule has 0 fully saturated rings. The highest BCUT2D eigenvalue weighted by Crippen LogP contribution is 2.18. The standard InChI is InChI=1S/C10H10ClFO/c1-6(2)10(13)7-3-4-9(12)8(11)5-7/h3-6H,1-2H3. The number of carbonyl (C=O) groups is 1. The molecular weight excluding hydrogens is 191 g/mol. The van der Waals surface area contributed by atoms with Crippen molar-refractivity contribution in [3.63, 3.8) is 0 Å². The number of benzene rings is 1. The van der Waals surface area contributed by atoms with E-state index < -0.39 is 5.82 Å². The predicted molar refractivity (Wildman–Crippen MR) is 50.6 cm³/mol. The number of rotatable bonds is 2. The topological polar surface area (TPSA) is 17.1 Å². The fraction of sp³-hybridized carbons (Fsp3) is 0.300. The monoisotopic (exact) mass is 200 g/mol. The lowest BCUT2D eigenvalue weighted by Gasteiger charge is -2.04. The molecule has 0 unspecified atom stereocenters. The van der Waals surface area contributed by atoms with Gasteiger partial charge in [-0.3, -0.25) is 4.79 Å². The van der Waals surface area contributed by atoms with Crippen molar-refractivity contribution >= 4 is 17.4 Å². The van der Waals surface area contributed by atoms with E-state index in [2.05, 4.69) is 0 Å². The minimum Gasteiger partial charge on any atom is -0.294 e. The number of carbonyl (C=O) groups excluding carboxylic acids is 1. The summed E-state index contributed by atoms with van der Waals surface area (Å²) in [5, 5.41) is -0.00787. The predicted octanol–water partition coefficient (Wildman–Crippen LogP) is 3.32. The van der Waals surface area contributed by atoms with Gasteiger partial charge in [0.05, 0.1) is 5.02 Å². The molecule has 0 aromatic heterocycles. The lowest BCUT2D eigenvalue weighted by molar-refractivity contribution is 0.0939. The molecule has 70 valence electrons. The van der Waals surface area contributed by atoms with Crippen LogP contribution in [0.1, 0.15) is 24.2 Å². The summed E-state index contributed by atoms with van der Waals surface area (Å²) in [6.07, 6.45) is 0. The van der Waals surface area contributed by atoms with Crippen molar-refractivity contribution in [1.82, 2.24) is 0 Å². The van der Waals surface area contributed by atoms with E-state index >= 15 is 0 Å². The van der Waals surface area contributed by atoms with Gasteiger partial charge in [0.15, 0.2) is 5.78 Å². The van der Waals surface area contributed by atoms with Crippen LogP contribution < -0.4 is 0 Å². The van der Waals surface area contributed by atoms with Crippen molar-refractivity contribution < 1.29 is 9.18 Å². The highest BCUT2D eigenvalue weighted by molar-refractivity contribution is 6.31. The van der Waals surface area contributed by atoms with Crippen LogP contribution in [0.25, 0.3) is 0 Å². The van der Waals surface area contributed by atoms with Gasteiger partial charge in [0.1, 0.15) is 5.82 Å². The van der Waals surface area contributed by atoms with Crippen LogP contribution in [0.4, 0.5) is 4.39 Å². The second-order valence-electron chi connectivity index (χ2n) is 3.15. The number of hydrogen-bond donors (Lipinski definition) is 0. The van der Waals surface area contributed by atoms with Gasteiger partial charge in [-0.2, -0.15) is 0 Å². The van der Waals surface area contributed by atoms with Crippen molar-refractivity contribution in [3.05, 3.63) is 34.6 Å². The number of ketones is 1. The second kappa shape index (κ2) is 3.88. The molecule has 1 nitrogen and oxygen atoms in total. The van der Waals surface area contributed by atoms with E-state index in [0.717, 1.165) is 0 Å². The van der Waals surface area contributed by atoms with Crippen LogP contribution in [0.2, 0.25) is 5.02 Å².